The zero-order valence-electron chi connectivity index (χ0n) is 12.6. The first kappa shape index (κ1) is 14.4. The molecule has 0 saturated carbocycles. The first-order valence-electron chi connectivity index (χ1n) is 7.28. The number of aromatic nitrogens is 5. The van der Waals surface area contributed by atoms with Gasteiger partial charge in [0.25, 0.3) is 5.56 Å². The molecule has 1 aliphatic heterocycles. The van der Waals surface area contributed by atoms with Crippen LogP contribution in [0.4, 0.5) is 0 Å². The Kier molecular flexibility index (Phi) is 3.74. The molecule has 1 N–H and O–H groups in total. The molecule has 0 unspecified atom stereocenters. The molecule has 0 radical (unpaired) electrons. The highest BCUT2D eigenvalue weighted by atomic mass is 16.2. The van der Waals surface area contributed by atoms with Gasteiger partial charge in [0.1, 0.15) is 24.5 Å². The van der Waals surface area contributed by atoms with Crippen LogP contribution in [-0.2, 0) is 17.6 Å². The fourth-order valence-electron chi connectivity index (χ4n) is 2.75. The average molecular weight is 302 g/mol. The number of amides is 1. The molecule has 3 heterocycles. The summed E-state index contributed by atoms with van der Waals surface area (Å²) < 4.78 is 1.54. The number of hydrogen-bond donors (Lipinski definition) is 1. The highest BCUT2D eigenvalue weighted by Gasteiger charge is 2.25. The van der Waals surface area contributed by atoms with Crippen molar-refractivity contribution in [2.24, 2.45) is 0 Å². The SMILES string of the molecule is Cc1nc2c(c(=O)[nH]1)CCN(C(=O)[C@@H](C)n1cncn1)CC2. The lowest BCUT2D eigenvalue weighted by Crippen LogP contribution is -2.38. The van der Waals surface area contributed by atoms with Gasteiger partial charge in [-0.15, -0.1) is 0 Å². The molecule has 22 heavy (non-hydrogen) atoms. The lowest BCUT2D eigenvalue weighted by atomic mass is 10.1. The van der Waals surface area contributed by atoms with Crippen LogP contribution in [0.5, 0.6) is 0 Å². The molecule has 1 aliphatic rings. The van der Waals surface area contributed by atoms with Crippen molar-refractivity contribution in [3.05, 3.63) is 40.1 Å². The maximum absolute atomic E-state index is 12.6. The number of carbonyl (C=O) groups is 1. The lowest BCUT2D eigenvalue weighted by Gasteiger charge is -2.23. The number of fused-ring (bicyclic) bond motifs is 1. The Morgan fingerprint density at radius 1 is 1.36 bits per heavy atom. The molecule has 8 nitrogen and oxygen atoms in total. The fourth-order valence-corrected chi connectivity index (χ4v) is 2.75. The van der Waals surface area contributed by atoms with Crippen LogP contribution in [0, 0.1) is 6.92 Å². The number of aryl methyl sites for hydroxylation is 1. The number of rotatable bonds is 2. The first-order chi connectivity index (χ1) is 10.6. The smallest absolute Gasteiger partial charge is 0.254 e. The minimum Gasteiger partial charge on any atom is -0.340 e. The highest BCUT2D eigenvalue weighted by molar-refractivity contribution is 5.80. The molecule has 116 valence electrons. The number of hydrogen-bond acceptors (Lipinski definition) is 5. The lowest BCUT2D eigenvalue weighted by molar-refractivity contribution is -0.134. The largest absolute Gasteiger partial charge is 0.340 e. The second-order valence-corrected chi connectivity index (χ2v) is 5.45. The van der Waals surface area contributed by atoms with Gasteiger partial charge in [-0.05, 0) is 20.3 Å². The summed E-state index contributed by atoms with van der Waals surface area (Å²) in [6.45, 7) is 4.63. The molecule has 0 aliphatic carbocycles. The Hall–Kier alpha value is -2.51. The van der Waals surface area contributed by atoms with Gasteiger partial charge in [0, 0.05) is 25.1 Å². The van der Waals surface area contributed by atoms with E-state index in [0.717, 1.165) is 5.69 Å². The zero-order chi connectivity index (χ0) is 15.7. The van der Waals surface area contributed by atoms with Crippen molar-refractivity contribution in [1.29, 1.82) is 0 Å². The monoisotopic (exact) mass is 302 g/mol. The van der Waals surface area contributed by atoms with Gasteiger partial charge in [0.2, 0.25) is 5.91 Å². The molecule has 2 aromatic heterocycles. The van der Waals surface area contributed by atoms with Crippen LogP contribution in [0.3, 0.4) is 0 Å². The van der Waals surface area contributed by atoms with E-state index in [1.165, 1.54) is 17.3 Å². The molecule has 0 bridgehead atoms. The molecule has 0 aromatic carbocycles. The summed E-state index contributed by atoms with van der Waals surface area (Å²) in [5, 5.41) is 4.01. The highest BCUT2D eigenvalue weighted by Crippen LogP contribution is 2.14. The third-order valence-corrected chi connectivity index (χ3v) is 3.97. The van der Waals surface area contributed by atoms with E-state index in [0.29, 0.717) is 37.3 Å². The summed E-state index contributed by atoms with van der Waals surface area (Å²) in [6.07, 6.45) is 4.06. The van der Waals surface area contributed by atoms with Gasteiger partial charge in [-0.2, -0.15) is 5.10 Å². The van der Waals surface area contributed by atoms with Gasteiger partial charge in [-0.1, -0.05) is 0 Å². The zero-order valence-corrected chi connectivity index (χ0v) is 12.6. The molecular weight excluding hydrogens is 284 g/mol. The quantitative estimate of drug-likeness (QED) is 0.832. The fraction of sp³-hybridized carbons (Fsp3) is 0.500. The number of nitrogens with zero attached hydrogens (tertiary/aromatic N) is 5. The third kappa shape index (κ3) is 2.63. The maximum atomic E-state index is 12.6. The Bertz CT molecular complexity index is 736. The van der Waals surface area contributed by atoms with Gasteiger partial charge in [-0.25, -0.2) is 14.6 Å². The number of aromatic amines is 1. The van der Waals surface area contributed by atoms with E-state index in [1.54, 1.807) is 18.7 Å². The molecule has 1 amide bonds. The van der Waals surface area contributed by atoms with E-state index in [1.807, 2.05) is 0 Å². The summed E-state index contributed by atoms with van der Waals surface area (Å²) >= 11 is 0. The number of H-pyrrole nitrogens is 1. The summed E-state index contributed by atoms with van der Waals surface area (Å²) in [7, 11) is 0. The molecule has 8 heteroatoms. The summed E-state index contributed by atoms with van der Waals surface area (Å²) in [5.74, 6) is 0.589. The van der Waals surface area contributed by atoms with E-state index in [-0.39, 0.29) is 11.5 Å². The van der Waals surface area contributed by atoms with Crippen molar-refractivity contribution in [1.82, 2.24) is 29.6 Å². The first-order valence-corrected chi connectivity index (χ1v) is 7.28. The average Bonchev–Trinajstić information content (AvgIpc) is 2.93. The Labute approximate surface area is 127 Å². The van der Waals surface area contributed by atoms with Crippen LogP contribution in [0.15, 0.2) is 17.4 Å². The van der Waals surface area contributed by atoms with E-state index in [2.05, 4.69) is 20.1 Å². The van der Waals surface area contributed by atoms with Crippen LogP contribution >= 0.6 is 0 Å². The minimum atomic E-state index is -0.406. The Balaban J connectivity index is 1.78. The molecular formula is C14H18N6O2. The van der Waals surface area contributed by atoms with E-state index in [9.17, 15) is 9.59 Å². The summed E-state index contributed by atoms with van der Waals surface area (Å²) in [6, 6.07) is -0.406. The van der Waals surface area contributed by atoms with Gasteiger partial charge >= 0.3 is 0 Å². The van der Waals surface area contributed by atoms with Crippen molar-refractivity contribution < 1.29 is 4.79 Å². The van der Waals surface area contributed by atoms with Crippen molar-refractivity contribution in [2.75, 3.05) is 13.1 Å². The number of nitrogens with one attached hydrogen (secondary N) is 1. The van der Waals surface area contributed by atoms with Crippen LogP contribution in [-0.4, -0.2) is 48.6 Å². The van der Waals surface area contributed by atoms with Crippen molar-refractivity contribution in [3.8, 4) is 0 Å². The topological polar surface area (TPSA) is 96.8 Å². The minimum absolute atomic E-state index is 0.0218. The van der Waals surface area contributed by atoms with E-state index in [4.69, 9.17) is 0 Å². The van der Waals surface area contributed by atoms with Crippen molar-refractivity contribution in [2.45, 2.75) is 32.7 Å². The predicted octanol–water partition coefficient (Wildman–Crippen LogP) is -0.142. The normalized spacial score (nSPS) is 16.0. The molecule has 0 saturated heterocycles. The van der Waals surface area contributed by atoms with E-state index >= 15 is 0 Å². The molecule has 0 fully saturated rings. The maximum Gasteiger partial charge on any atom is 0.254 e. The Morgan fingerprint density at radius 2 is 2.14 bits per heavy atom. The van der Waals surface area contributed by atoms with Gasteiger partial charge in [0.15, 0.2) is 0 Å². The second-order valence-electron chi connectivity index (χ2n) is 5.45. The van der Waals surface area contributed by atoms with Crippen LogP contribution < -0.4 is 5.56 Å². The van der Waals surface area contributed by atoms with E-state index < -0.39 is 6.04 Å². The molecule has 3 rings (SSSR count). The standard InChI is InChI=1S/C14H18N6O2/c1-9(20-8-15-7-16-20)14(22)19-5-3-11-12(4-6-19)17-10(2)18-13(11)21/h7-9H,3-6H2,1-2H3,(H,17,18,21)/t9-/m1/s1. The molecule has 2 aromatic rings. The summed E-state index contributed by atoms with van der Waals surface area (Å²) in [5.41, 5.74) is 1.39. The van der Waals surface area contributed by atoms with Gasteiger partial charge in [0.05, 0.1) is 5.69 Å². The van der Waals surface area contributed by atoms with Crippen LogP contribution in [0.1, 0.15) is 30.0 Å². The second kappa shape index (κ2) is 5.70. The molecule has 0 spiro atoms. The van der Waals surface area contributed by atoms with Gasteiger partial charge in [-0.3, -0.25) is 9.59 Å². The van der Waals surface area contributed by atoms with Gasteiger partial charge < -0.3 is 9.88 Å². The predicted molar refractivity (Wildman–Crippen MR) is 78.3 cm³/mol. The molecule has 1 atom stereocenters. The Morgan fingerprint density at radius 3 is 2.86 bits per heavy atom. The van der Waals surface area contributed by atoms with Crippen LogP contribution in [0.2, 0.25) is 0 Å². The van der Waals surface area contributed by atoms with Crippen LogP contribution in [0.25, 0.3) is 0 Å². The van der Waals surface area contributed by atoms with Crippen molar-refractivity contribution in [3.63, 3.8) is 0 Å². The summed E-state index contributed by atoms with van der Waals surface area (Å²) in [4.78, 5) is 37.4. The number of carbonyl (C=O) groups excluding carboxylic acids is 1. The van der Waals surface area contributed by atoms with Crippen molar-refractivity contribution >= 4 is 5.91 Å². The third-order valence-electron chi connectivity index (χ3n) is 3.97.